The number of thioether (sulfide) groups is 1. The lowest BCUT2D eigenvalue weighted by atomic mass is 10.2. The van der Waals surface area contributed by atoms with Gasteiger partial charge in [0.05, 0.1) is 15.6 Å². The first-order chi connectivity index (χ1) is 10.0. The standard InChI is InChI=1S/C16H15NO2S2/c1-21(18,19)14-8-6-12(7-9-14)11-20-16-10-13-4-2-3-5-15(13)17-16/h2-9H,10-11H2,1H3. The number of benzene rings is 2. The van der Waals surface area contributed by atoms with Crippen molar-refractivity contribution in [2.24, 2.45) is 4.99 Å². The Morgan fingerprint density at radius 1 is 1.10 bits per heavy atom. The van der Waals surface area contributed by atoms with Gasteiger partial charge in [-0.25, -0.2) is 13.4 Å². The molecule has 0 unspecified atom stereocenters. The molecule has 1 aliphatic heterocycles. The molecule has 2 aromatic carbocycles. The molecule has 1 aliphatic rings. The summed E-state index contributed by atoms with van der Waals surface area (Å²) < 4.78 is 22.8. The highest BCUT2D eigenvalue weighted by Crippen LogP contribution is 2.31. The number of rotatable bonds is 3. The fourth-order valence-electron chi connectivity index (χ4n) is 2.19. The molecule has 2 aromatic rings. The van der Waals surface area contributed by atoms with Gasteiger partial charge in [-0.05, 0) is 29.3 Å². The number of para-hydroxylation sites is 1. The number of fused-ring (bicyclic) bond motifs is 1. The van der Waals surface area contributed by atoms with Crippen molar-refractivity contribution in [3.8, 4) is 0 Å². The monoisotopic (exact) mass is 317 g/mol. The summed E-state index contributed by atoms with van der Waals surface area (Å²) in [6.07, 6.45) is 2.11. The van der Waals surface area contributed by atoms with E-state index in [4.69, 9.17) is 0 Å². The lowest BCUT2D eigenvalue weighted by molar-refractivity contribution is 0.602. The van der Waals surface area contributed by atoms with Crippen molar-refractivity contribution < 1.29 is 8.42 Å². The molecule has 0 N–H and O–H groups in total. The quantitative estimate of drug-likeness (QED) is 0.869. The van der Waals surface area contributed by atoms with Crippen LogP contribution in [0.3, 0.4) is 0 Å². The van der Waals surface area contributed by atoms with Gasteiger partial charge in [-0.1, -0.05) is 30.3 Å². The Bertz CT molecular complexity index is 793. The summed E-state index contributed by atoms with van der Waals surface area (Å²) in [5.41, 5.74) is 3.44. The van der Waals surface area contributed by atoms with Crippen LogP contribution in [0.2, 0.25) is 0 Å². The fourth-order valence-corrected chi connectivity index (χ4v) is 3.77. The highest BCUT2D eigenvalue weighted by Gasteiger charge is 2.14. The minimum absolute atomic E-state index is 0.363. The first-order valence-electron chi connectivity index (χ1n) is 6.60. The summed E-state index contributed by atoms with van der Waals surface area (Å²) in [5.74, 6) is 0.802. The van der Waals surface area contributed by atoms with Crippen LogP contribution in [0.1, 0.15) is 11.1 Å². The Labute approximate surface area is 129 Å². The zero-order valence-electron chi connectivity index (χ0n) is 11.6. The van der Waals surface area contributed by atoms with Crippen molar-refractivity contribution in [2.45, 2.75) is 17.1 Å². The van der Waals surface area contributed by atoms with Gasteiger partial charge in [0, 0.05) is 18.4 Å². The molecular formula is C16H15NO2S2. The van der Waals surface area contributed by atoms with Crippen molar-refractivity contribution in [2.75, 3.05) is 6.26 Å². The van der Waals surface area contributed by atoms with Gasteiger partial charge in [-0.3, -0.25) is 0 Å². The van der Waals surface area contributed by atoms with Crippen molar-refractivity contribution in [1.82, 2.24) is 0 Å². The molecule has 108 valence electrons. The van der Waals surface area contributed by atoms with E-state index in [1.807, 2.05) is 30.3 Å². The van der Waals surface area contributed by atoms with Crippen LogP contribution in [0.5, 0.6) is 0 Å². The van der Waals surface area contributed by atoms with E-state index in [0.29, 0.717) is 4.90 Å². The number of aliphatic imine (C=N–C) groups is 1. The van der Waals surface area contributed by atoms with Crippen LogP contribution >= 0.6 is 11.8 Å². The normalized spacial score (nSPS) is 13.9. The Kier molecular flexibility index (Phi) is 3.87. The van der Waals surface area contributed by atoms with Gasteiger partial charge in [-0.2, -0.15) is 0 Å². The van der Waals surface area contributed by atoms with E-state index in [1.54, 1.807) is 23.9 Å². The predicted molar refractivity (Wildman–Crippen MR) is 88.1 cm³/mol. The van der Waals surface area contributed by atoms with E-state index in [9.17, 15) is 8.42 Å². The molecule has 3 nitrogen and oxygen atoms in total. The predicted octanol–water partition coefficient (Wildman–Crippen LogP) is 3.61. The molecule has 0 fully saturated rings. The molecule has 0 aromatic heterocycles. The number of nitrogens with zero attached hydrogens (tertiary/aromatic N) is 1. The lowest BCUT2D eigenvalue weighted by Gasteiger charge is -2.03. The van der Waals surface area contributed by atoms with Crippen LogP contribution in [0.25, 0.3) is 0 Å². The molecule has 3 rings (SSSR count). The largest absolute Gasteiger partial charge is 0.246 e. The van der Waals surface area contributed by atoms with Crippen LogP contribution in [-0.2, 0) is 22.0 Å². The highest BCUT2D eigenvalue weighted by molar-refractivity contribution is 8.13. The Morgan fingerprint density at radius 3 is 2.48 bits per heavy atom. The second-order valence-corrected chi connectivity index (χ2v) is 8.08. The third-order valence-corrected chi connectivity index (χ3v) is 5.51. The minimum atomic E-state index is -3.12. The molecule has 0 amide bonds. The van der Waals surface area contributed by atoms with Crippen LogP contribution in [0, 0.1) is 0 Å². The van der Waals surface area contributed by atoms with E-state index < -0.39 is 9.84 Å². The second-order valence-electron chi connectivity index (χ2n) is 5.02. The van der Waals surface area contributed by atoms with Crippen molar-refractivity contribution in [3.05, 3.63) is 59.7 Å². The smallest absolute Gasteiger partial charge is 0.175 e. The summed E-state index contributed by atoms with van der Waals surface area (Å²) >= 11 is 1.71. The maximum atomic E-state index is 11.4. The maximum absolute atomic E-state index is 11.4. The summed E-state index contributed by atoms with van der Waals surface area (Å²) in [5, 5.41) is 1.11. The van der Waals surface area contributed by atoms with Gasteiger partial charge in [-0.15, -0.1) is 11.8 Å². The van der Waals surface area contributed by atoms with Crippen LogP contribution in [0.15, 0.2) is 58.4 Å². The topological polar surface area (TPSA) is 46.5 Å². The summed E-state index contributed by atoms with van der Waals surface area (Å²) in [7, 11) is -3.12. The van der Waals surface area contributed by atoms with Gasteiger partial charge >= 0.3 is 0 Å². The van der Waals surface area contributed by atoms with Crippen molar-refractivity contribution in [3.63, 3.8) is 0 Å². The Morgan fingerprint density at radius 2 is 1.81 bits per heavy atom. The number of sulfone groups is 1. The van der Waals surface area contributed by atoms with E-state index in [0.717, 1.165) is 28.5 Å². The molecule has 0 spiro atoms. The van der Waals surface area contributed by atoms with Gasteiger partial charge < -0.3 is 0 Å². The van der Waals surface area contributed by atoms with E-state index in [-0.39, 0.29) is 0 Å². The van der Waals surface area contributed by atoms with Gasteiger partial charge in [0.1, 0.15) is 0 Å². The zero-order chi connectivity index (χ0) is 14.9. The lowest BCUT2D eigenvalue weighted by Crippen LogP contribution is -1.97. The summed E-state index contributed by atoms with van der Waals surface area (Å²) in [6.45, 7) is 0. The highest BCUT2D eigenvalue weighted by atomic mass is 32.2. The van der Waals surface area contributed by atoms with Crippen molar-refractivity contribution in [1.29, 1.82) is 0 Å². The minimum Gasteiger partial charge on any atom is -0.246 e. The van der Waals surface area contributed by atoms with E-state index in [1.165, 1.54) is 11.8 Å². The molecule has 5 heteroatoms. The molecule has 0 saturated carbocycles. The number of hydrogen-bond acceptors (Lipinski definition) is 4. The zero-order valence-corrected chi connectivity index (χ0v) is 13.2. The molecule has 21 heavy (non-hydrogen) atoms. The molecule has 1 heterocycles. The maximum Gasteiger partial charge on any atom is 0.175 e. The SMILES string of the molecule is CS(=O)(=O)c1ccc(CSC2=Nc3ccccc3C2)cc1. The molecular weight excluding hydrogens is 302 g/mol. The van der Waals surface area contributed by atoms with Crippen LogP contribution < -0.4 is 0 Å². The van der Waals surface area contributed by atoms with Gasteiger partial charge in [0.25, 0.3) is 0 Å². The molecule has 0 aliphatic carbocycles. The van der Waals surface area contributed by atoms with Crippen LogP contribution in [0.4, 0.5) is 5.69 Å². The van der Waals surface area contributed by atoms with E-state index in [2.05, 4.69) is 11.1 Å². The Hall–Kier alpha value is -1.59. The molecule has 0 radical (unpaired) electrons. The third kappa shape index (κ3) is 3.36. The second kappa shape index (κ2) is 5.66. The molecule has 0 saturated heterocycles. The molecule has 0 atom stereocenters. The van der Waals surface area contributed by atoms with Gasteiger partial charge in [0.15, 0.2) is 9.84 Å². The third-order valence-electron chi connectivity index (χ3n) is 3.34. The van der Waals surface area contributed by atoms with Crippen LogP contribution in [-0.4, -0.2) is 19.7 Å². The average Bonchev–Trinajstić information content (AvgIpc) is 2.87. The fraction of sp³-hybridized carbons (Fsp3) is 0.188. The number of hydrogen-bond donors (Lipinski definition) is 0. The first-order valence-corrected chi connectivity index (χ1v) is 9.47. The molecule has 0 bridgehead atoms. The average molecular weight is 317 g/mol. The van der Waals surface area contributed by atoms with Gasteiger partial charge in [0.2, 0.25) is 0 Å². The summed E-state index contributed by atoms with van der Waals surface area (Å²) in [4.78, 5) is 4.97. The summed E-state index contributed by atoms with van der Waals surface area (Å²) in [6, 6.07) is 15.2. The Balaban J connectivity index is 1.65. The van der Waals surface area contributed by atoms with Crippen molar-refractivity contribution >= 4 is 32.3 Å². The first kappa shape index (κ1) is 14.4. The van der Waals surface area contributed by atoms with E-state index >= 15 is 0 Å².